The quantitative estimate of drug-likeness (QED) is 0.254. The fraction of sp³-hybridized carbons (Fsp3) is 0.0526. The van der Waals surface area contributed by atoms with Gasteiger partial charge in [0, 0.05) is 12.1 Å². The third-order valence-electron chi connectivity index (χ3n) is 4.07. The summed E-state index contributed by atoms with van der Waals surface area (Å²) in [5, 5.41) is 0. The SMILES string of the molecule is Nc1cc(F)c(F)c(Oc2ccc(C(F)(F)F)c(Oc3c(F)c(N)cc(F)c3F)c2F)c1F. The monoisotopic (exact) mass is 486 g/mol. The molecule has 0 unspecified atom stereocenters. The molecule has 4 N–H and O–H groups in total. The second-order valence-electron chi connectivity index (χ2n) is 6.27. The van der Waals surface area contributed by atoms with Crippen molar-refractivity contribution in [1.29, 1.82) is 0 Å². The van der Waals surface area contributed by atoms with E-state index in [4.69, 9.17) is 11.5 Å². The number of hydrogen-bond donors (Lipinski definition) is 2. The van der Waals surface area contributed by atoms with E-state index in [0.717, 1.165) is 0 Å². The highest BCUT2D eigenvalue weighted by atomic mass is 19.4. The number of alkyl halides is 3. The van der Waals surface area contributed by atoms with Crippen molar-refractivity contribution >= 4 is 11.4 Å². The number of benzene rings is 3. The second-order valence-corrected chi connectivity index (χ2v) is 6.27. The molecular weight excluding hydrogens is 478 g/mol. The van der Waals surface area contributed by atoms with Crippen LogP contribution in [0, 0.1) is 40.7 Å². The summed E-state index contributed by atoms with van der Waals surface area (Å²) in [7, 11) is 0. The van der Waals surface area contributed by atoms with Gasteiger partial charge in [-0.05, 0) is 12.1 Å². The summed E-state index contributed by atoms with van der Waals surface area (Å²) < 4.78 is 147. The molecule has 14 heteroatoms. The van der Waals surface area contributed by atoms with Crippen LogP contribution in [-0.4, -0.2) is 0 Å². The molecule has 176 valence electrons. The Labute approximate surface area is 176 Å². The maximum atomic E-state index is 14.9. The first-order valence-corrected chi connectivity index (χ1v) is 8.35. The van der Waals surface area contributed by atoms with Crippen LogP contribution in [0.3, 0.4) is 0 Å². The Morgan fingerprint density at radius 3 is 1.48 bits per heavy atom. The zero-order valence-corrected chi connectivity index (χ0v) is 15.6. The molecule has 0 aliphatic carbocycles. The van der Waals surface area contributed by atoms with Gasteiger partial charge in [-0.25, -0.2) is 17.6 Å². The molecule has 0 bridgehead atoms. The van der Waals surface area contributed by atoms with E-state index in [0.29, 0.717) is 0 Å². The highest BCUT2D eigenvalue weighted by molar-refractivity contribution is 5.53. The highest BCUT2D eigenvalue weighted by Gasteiger charge is 2.38. The fourth-order valence-corrected chi connectivity index (χ4v) is 2.53. The van der Waals surface area contributed by atoms with Gasteiger partial charge in [-0.15, -0.1) is 0 Å². The molecule has 3 rings (SSSR count). The van der Waals surface area contributed by atoms with Crippen molar-refractivity contribution in [3.8, 4) is 23.0 Å². The van der Waals surface area contributed by atoms with Gasteiger partial charge in [0.2, 0.25) is 29.0 Å². The number of ether oxygens (including phenoxy) is 2. The van der Waals surface area contributed by atoms with Crippen LogP contribution < -0.4 is 20.9 Å². The largest absolute Gasteiger partial charge is 0.448 e. The maximum Gasteiger partial charge on any atom is 0.420 e. The van der Waals surface area contributed by atoms with Crippen LogP contribution in [-0.2, 0) is 6.18 Å². The summed E-state index contributed by atoms with van der Waals surface area (Å²) in [4.78, 5) is 0. The minimum absolute atomic E-state index is 0.0602. The van der Waals surface area contributed by atoms with E-state index < -0.39 is 86.8 Å². The van der Waals surface area contributed by atoms with Crippen molar-refractivity contribution in [3.63, 3.8) is 0 Å². The predicted octanol–water partition coefficient (Wildman–Crippen LogP) is 6.43. The van der Waals surface area contributed by atoms with Crippen molar-refractivity contribution in [1.82, 2.24) is 0 Å². The van der Waals surface area contributed by atoms with Crippen LogP contribution in [0.5, 0.6) is 23.0 Å². The van der Waals surface area contributed by atoms with Crippen molar-refractivity contribution in [3.05, 3.63) is 70.5 Å². The average molecular weight is 486 g/mol. The standard InChI is InChI=1S/C19H8F10N2O2/c20-6-3-8(30)13(24)17(11(6)22)32-10-2-1-5(19(27,28)29)16(15(10)26)33-18-12(23)7(21)4-9(31)14(18)25/h1-4H,30-31H2. The first-order valence-electron chi connectivity index (χ1n) is 8.35. The number of anilines is 2. The van der Waals surface area contributed by atoms with Crippen molar-refractivity contribution in [2.24, 2.45) is 0 Å². The normalized spacial score (nSPS) is 11.6. The maximum absolute atomic E-state index is 14.9. The number of halogens is 10. The highest BCUT2D eigenvalue weighted by Crippen LogP contribution is 2.45. The molecular formula is C19H8F10N2O2. The van der Waals surface area contributed by atoms with Gasteiger partial charge in [-0.1, -0.05) is 0 Å². The zero-order chi connectivity index (χ0) is 24.8. The number of nitrogen functional groups attached to an aromatic ring is 2. The molecule has 0 atom stereocenters. The Bertz CT molecular complexity index is 1210. The van der Waals surface area contributed by atoms with E-state index >= 15 is 0 Å². The van der Waals surface area contributed by atoms with E-state index in [1.165, 1.54) is 0 Å². The summed E-state index contributed by atoms with van der Waals surface area (Å²) >= 11 is 0. The van der Waals surface area contributed by atoms with Crippen molar-refractivity contribution in [2.45, 2.75) is 6.18 Å². The van der Waals surface area contributed by atoms with E-state index in [-0.39, 0.29) is 24.3 Å². The third-order valence-corrected chi connectivity index (χ3v) is 4.07. The smallest absolute Gasteiger partial charge is 0.420 e. The van der Waals surface area contributed by atoms with E-state index in [9.17, 15) is 43.9 Å². The first kappa shape index (κ1) is 23.8. The molecule has 0 spiro atoms. The molecule has 3 aromatic rings. The Balaban J connectivity index is 2.21. The van der Waals surface area contributed by atoms with Crippen LogP contribution in [0.1, 0.15) is 5.56 Å². The summed E-state index contributed by atoms with van der Waals surface area (Å²) in [6.07, 6.45) is -5.40. The van der Waals surface area contributed by atoms with Gasteiger partial charge in [0.15, 0.2) is 34.8 Å². The summed E-state index contributed by atoms with van der Waals surface area (Å²) in [5.41, 5.74) is 6.10. The number of nitrogens with two attached hydrogens (primary N) is 2. The van der Waals surface area contributed by atoms with Crippen LogP contribution in [0.15, 0.2) is 24.3 Å². The predicted molar refractivity (Wildman–Crippen MR) is 93.0 cm³/mol. The topological polar surface area (TPSA) is 70.5 Å². The van der Waals surface area contributed by atoms with E-state index in [1.807, 2.05) is 0 Å². The zero-order valence-electron chi connectivity index (χ0n) is 15.6. The van der Waals surface area contributed by atoms with Gasteiger partial charge in [0.05, 0.1) is 11.4 Å². The molecule has 0 amide bonds. The van der Waals surface area contributed by atoms with E-state index in [2.05, 4.69) is 9.47 Å². The molecule has 33 heavy (non-hydrogen) atoms. The third kappa shape index (κ3) is 4.27. The molecule has 0 fully saturated rings. The lowest BCUT2D eigenvalue weighted by molar-refractivity contribution is -0.138. The minimum Gasteiger partial charge on any atom is -0.448 e. The molecule has 0 aliphatic rings. The fourth-order valence-electron chi connectivity index (χ4n) is 2.53. The number of hydrogen-bond acceptors (Lipinski definition) is 4. The van der Waals surface area contributed by atoms with Crippen molar-refractivity contribution in [2.75, 3.05) is 11.5 Å². The Hall–Kier alpha value is -3.84. The van der Waals surface area contributed by atoms with Crippen LogP contribution in [0.2, 0.25) is 0 Å². The first-order chi connectivity index (χ1) is 15.2. The molecule has 0 aliphatic heterocycles. The van der Waals surface area contributed by atoms with Crippen LogP contribution >= 0.6 is 0 Å². The summed E-state index contributed by atoms with van der Waals surface area (Å²) in [6, 6.07) is 0.648. The van der Waals surface area contributed by atoms with Gasteiger partial charge in [0.1, 0.15) is 5.56 Å². The molecule has 0 aromatic heterocycles. The molecule has 0 saturated carbocycles. The molecule has 3 aromatic carbocycles. The lowest BCUT2D eigenvalue weighted by Gasteiger charge is -2.18. The van der Waals surface area contributed by atoms with Gasteiger partial charge in [-0.2, -0.15) is 26.3 Å². The lowest BCUT2D eigenvalue weighted by atomic mass is 10.1. The van der Waals surface area contributed by atoms with Crippen molar-refractivity contribution < 1.29 is 53.4 Å². The van der Waals surface area contributed by atoms with Crippen LogP contribution in [0.4, 0.5) is 55.3 Å². The molecule has 0 heterocycles. The second kappa shape index (κ2) is 8.26. The summed E-state index contributed by atoms with van der Waals surface area (Å²) in [6.45, 7) is 0. The Morgan fingerprint density at radius 2 is 1.03 bits per heavy atom. The van der Waals surface area contributed by atoms with Gasteiger partial charge in [0.25, 0.3) is 0 Å². The molecule has 0 saturated heterocycles. The minimum atomic E-state index is -5.40. The Morgan fingerprint density at radius 1 is 0.576 bits per heavy atom. The van der Waals surface area contributed by atoms with Crippen LogP contribution in [0.25, 0.3) is 0 Å². The molecule has 4 nitrogen and oxygen atoms in total. The summed E-state index contributed by atoms with van der Waals surface area (Å²) in [5.74, 6) is -20.4. The number of rotatable bonds is 4. The average Bonchev–Trinajstić information content (AvgIpc) is 2.72. The Kier molecular flexibility index (Phi) is 5.96. The van der Waals surface area contributed by atoms with Gasteiger partial charge in [-0.3, -0.25) is 0 Å². The lowest BCUT2D eigenvalue weighted by Crippen LogP contribution is -2.11. The van der Waals surface area contributed by atoms with Gasteiger partial charge >= 0.3 is 6.18 Å². The van der Waals surface area contributed by atoms with Gasteiger partial charge < -0.3 is 20.9 Å². The molecule has 0 radical (unpaired) electrons. The van der Waals surface area contributed by atoms with E-state index in [1.54, 1.807) is 0 Å².